The molecule has 0 saturated heterocycles. The second kappa shape index (κ2) is 8.36. The number of sulfonamides is 1. The average molecular weight is 410 g/mol. The second-order valence-electron chi connectivity index (χ2n) is 6.66. The Kier molecular flexibility index (Phi) is 5.89. The van der Waals surface area contributed by atoms with Crippen molar-refractivity contribution in [3.8, 4) is 5.75 Å². The van der Waals surface area contributed by atoms with Crippen molar-refractivity contribution in [3.05, 3.63) is 83.4 Å². The molecule has 0 bridgehead atoms. The first kappa shape index (κ1) is 20.4. The molecule has 3 rings (SSSR count). The van der Waals surface area contributed by atoms with Gasteiger partial charge in [-0.15, -0.1) is 0 Å². The molecule has 29 heavy (non-hydrogen) atoms. The van der Waals surface area contributed by atoms with Gasteiger partial charge in [0.05, 0.1) is 17.6 Å². The summed E-state index contributed by atoms with van der Waals surface area (Å²) in [5, 5.41) is 2.74. The summed E-state index contributed by atoms with van der Waals surface area (Å²) in [6, 6.07) is 18.4. The fourth-order valence-corrected chi connectivity index (χ4v) is 4.04. The number of nitrogens with one attached hydrogen (secondary N) is 2. The summed E-state index contributed by atoms with van der Waals surface area (Å²) in [5.74, 6) is 0.119. The third-order valence-electron chi connectivity index (χ3n) is 4.25. The minimum absolute atomic E-state index is 0.104. The molecule has 0 radical (unpaired) electrons. The van der Waals surface area contributed by atoms with E-state index in [2.05, 4.69) is 10.0 Å². The lowest BCUT2D eigenvalue weighted by atomic mass is 10.1. The van der Waals surface area contributed by atoms with E-state index >= 15 is 0 Å². The maximum absolute atomic E-state index is 12.6. The van der Waals surface area contributed by atoms with Gasteiger partial charge >= 0.3 is 0 Å². The van der Waals surface area contributed by atoms with Crippen LogP contribution in [0.4, 0.5) is 11.4 Å². The minimum Gasteiger partial charge on any atom is -0.496 e. The Bertz CT molecular complexity index is 1120. The number of benzene rings is 3. The van der Waals surface area contributed by atoms with Crippen LogP contribution < -0.4 is 14.8 Å². The lowest BCUT2D eigenvalue weighted by Gasteiger charge is -2.11. The number of carbonyl (C=O) groups is 1. The maximum Gasteiger partial charge on any atom is 0.261 e. The zero-order valence-corrected chi connectivity index (χ0v) is 17.2. The Balaban J connectivity index is 1.76. The molecular weight excluding hydrogens is 388 g/mol. The summed E-state index contributed by atoms with van der Waals surface area (Å²) in [5.41, 5.74) is 3.32. The van der Waals surface area contributed by atoms with Gasteiger partial charge in [-0.3, -0.25) is 9.52 Å². The Morgan fingerprint density at radius 2 is 1.48 bits per heavy atom. The predicted molar refractivity (Wildman–Crippen MR) is 114 cm³/mol. The Morgan fingerprint density at radius 1 is 0.862 bits per heavy atom. The molecule has 3 aromatic rings. The fourth-order valence-electron chi connectivity index (χ4n) is 3.00. The molecule has 0 spiro atoms. The fraction of sp³-hybridized carbons (Fsp3) is 0.136. The number of hydrogen-bond acceptors (Lipinski definition) is 4. The van der Waals surface area contributed by atoms with Crippen molar-refractivity contribution in [2.24, 2.45) is 0 Å². The smallest absolute Gasteiger partial charge is 0.261 e. The number of anilines is 2. The van der Waals surface area contributed by atoms with Crippen molar-refractivity contribution in [1.82, 2.24) is 0 Å². The van der Waals surface area contributed by atoms with Gasteiger partial charge in [-0.1, -0.05) is 18.2 Å². The van der Waals surface area contributed by atoms with Crippen LogP contribution >= 0.6 is 0 Å². The van der Waals surface area contributed by atoms with E-state index in [1.54, 1.807) is 48.5 Å². The molecule has 7 heteroatoms. The number of methoxy groups -OCH3 is 1. The number of para-hydroxylation sites is 1. The van der Waals surface area contributed by atoms with E-state index in [0.29, 0.717) is 22.7 Å². The summed E-state index contributed by atoms with van der Waals surface area (Å²) in [6.07, 6.45) is 0. The quantitative estimate of drug-likeness (QED) is 0.632. The molecule has 0 fully saturated rings. The summed E-state index contributed by atoms with van der Waals surface area (Å²) in [6.45, 7) is 3.81. The molecule has 3 aromatic carbocycles. The van der Waals surface area contributed by atoms with Crippen LogP contribution in [0.25, 0.3) is 0 Å². The number of amides is 1. The number of aryl methyl sites for hydroxylation is 2. The van der Waals surface area contributed by atoms with E-state index in [0.717, 1.165) is 11.1 Å². The zero-order chi connectivity index (χ0) is 21.0. The van der Waals surface area contributed by atoms with Crippen molar-refractivity contribution in [2.45, 2.75) is 18.7 Å². The monoisotopic (exact) mass is 410 g/mol. The third-order valence-corrected chi connectivity index (χ3v) is 5.65. The van der Waals surface area contributed by atoms with Gasteiger partial charge in [-0.05, 0) is 73.5 Å². The molecule has 0 aromatic heterocycles. The summed E-state index contributed by atoms with van der Waals surface area (Å²) >= 11 is 0. The van der Waals surface area contributed by atoms with Crippen molar-refractivity contribution in [1.29, 1.82) is 0 Å². The van der Waals surface area contributed by atoms with E-state index in [-0.39, 0.29) is 10.8 Å². The first-order chi connectivity index (χ1) is 13.8. The number of carbonyl (C=O) groups excluding carboxylic acids is 1. The Morgan fingerprint density at radius 3 is 2.10 bits per heavy atom. The van der Waals surface area contributed by atoms with E-state index in [4.69, 9.17) is 4.74 Å². The van der Waals surface area contributed by atoms with E-state index in [1.807, 2.05) is 19.9 Å². The highest BCUT2D eigenvalue weighted by Crippen LogP contribution is 2.22. The lowest BCUT2D eigenvalue weighted by molar-refractivity contribution is 0.102. The average Bonchev–Trinajstić information content (AvgIpc) is 2.67. The van der Waals surface area contributed by atoms with Crippen molar-refractivity contribution in [2.75, 3.05) is 17.1 Å². The highest BCUT2D eigenvalue weighted by Gasteiger charge is 2.16. The largest absolute Gasteiger partial charge is 0.496 e. The third kappa shape index (κ3) is 4.94. The van der Waals surface area contributed by atoms with Gasteiger partial charge in [0.25, 0.3) is 15.9 Å². The summed E-state index contributed by atoms with van der Waals surface area (Å²) < 4.78 is 33.1. The van der Waals surface area contributed by atoms with E-state index in [1.165, 1.54) is 19.2 Å². The first-order valence-corrected chi connectivity index (χ1v) is 10.4. The van der Waals surface area contributed by atoms with Gasteiger partial charge in [-0.25, -0.2) is 8.42 Å². The van der Waals surface area contributed by atoms with Gasteiger partial charge in [-0.2, -0.15) is 0 Å². The molecule has 0 saturated carbocycles. The zero-order valence-electron chi connectivity index (χ0n) is 16.4. The van der Waals surface area contributed by atoms with Crippen LogP contribution in [0.15, 0.2) is 71.6 Å². The second-order valence-corrected chi connectivity index (χ2v) is 8.34. The van der Waals surface area contributed by atoms with Crippen molar-refractivity contribution in [3.63, 3.8) is 0 Å². The summed E-state index contributed by atoms with van der Waals surface area (Å²) in [7, 11) is -2.24. The molecule has 0 atom stereocenters. The molecule has 0 aliphatic rings. The van der Waals surface area contributed by atoms with Gasteiger partial charge in [0.15, 0.2) is 0 Å². The van der Waals surface area contributed by atoms with Crippen LogP contribution in [-0.2, 0) is 10.0 Å². The van der Waals surface area contributed by atoms with Crippen LogP contribution in [0.3, 0.4) is 0 Å². The van der Waals surface area contributed by atoms with Crippen molar-refractivity contribution < 1.29 is 17.9 Å². The van der Waals surface area contributed by atoms with Gasteiger partial charge in [0.1, 0.15) is 5.75 Å². The van der Waals surface area contributed by atoms with E-state index in [9.17, 15) is 13.2 Å². The molecule has 0 aliphatic heterocycles. The Labute approximate surface area is 170 Å². The molecule has 0 unspecified atom stereocenters. The molecule has 6 nitrogen and oxygen atoms in total. The molecular formula is C22H22N2O4S. The normalized spacial score (nSPS) is 11.0. The Hall–Kier alpha value is -3.32. The topological polar surface area (TPSA) is 84.5 Å². The molecule has 0 aliphatic carbocycles. The predicted octanol–water partition coefficient (Wildman–Crippen LogP) is 4.37. The highest BCUT2D eigenvalue weighted by atomic mass is 32.2. The van der Waals surface area contributed by atoms with Crippen LogP contribution in [-0.4, -0.2) is 21.4 Å². The molecule has 0 heterocycles. The first-order valence-electron chi connectivity index (χ1n) is 8.94. The van der Waals surface area contributed by atoms with Crippen LogP contribution in [0.2, 0.25) is 0 Å². The number of hydrogen-bond donors (Lipinski definition) is 2. The molecule has 150 valence electrons. The minimum atomic E-state index is -3.74. The number of ether oxygens (including phenoxy) is 1. The van der Waals surface area contributed by atoms with E-state index < -0.39 is 10.0 Å². The lowest BCUT2D eigenvalue weighted by Crippen LogP contribution is -2.15. The van der Waals surface area contributed by atoms with Gasteiger partial charge in [0, 0.05) is 11.4 Å². The van der Waals surface area contributed by atoms with Crippen LogP contribution in [0.1, 0.15) is 21.5 Å². The summed E-state index contributed by atoms with van der Waals surface area (Å²) in [4.78, 5) is 12.6. The van der Waals surface area contributed by atoms with Gasteiger partial charge in [0.2, 0.25) is 0 Å². The standard InChI is InChI=1S/C22H22N2O4S/c1-15-12-16(2)14-18(13-15)24-29(26,27)19-10-8-17(9-11-19)23-22(25)20-6-4-5-7-21(20)28-3/h4-14,24H,1-3H3,(H,23,25). The maximum atomic E-state index is 12.6. The number of rotatable bonds is 6. The van der Waals surface area contributed by atoms with Crippen LogP contribution in [0, 0.1) is 13.8 Å². The van der Waals surface area contributed by atoms with Crippen molar-refractivity contribution >= 4 is 27.3 Å². The van der Waals surface area contributed by atoms with Gasteiger partial charge < -0.3 is 10.1 Å². The molecule has 2 N–H and O–H groups in total. The van der Waals surface area contributed by atoms with Crippen LogP contribution in [0.5, 0.6) is 5.75 Å². The highest BCUT2D eigenvalue weighted by molar-refractivity contribution is 7.92. The SMILES string of the molecule is COc1ccccc1C(=O)Nc1ccc(S(=O)(=O)Nc2cc(C)cc(C)c2)cc1. The molecule has 1 amide bonds.